The van der Waals surface area contributed by atoms with Crippen LogP contribution in [0, 0.1) is 0 Å². The molecule has 0 aliphatic carbocycles. The van der Waals surface area contributed by atoms with Crippen LogP contribution in [0.5, 0.6) is 0 Å². The fourth-order valence-electron chi connectivity index (χ4n) is 0.764. The SMILES string of the molecule is OP(O)(Cl)=S(CC(Cl)CCl)CC(Cl)CCl. The molecule has 0 aliphatic heterocycles. The summed E-state index contributed by atoms with van der Waals surface area (Å²) in [5.41, 5.74) is 0. The Bertz CT molecular complexity index is 223. The summed E-state index contributed by atoms with van der Waals surface area (Å²) in [7, 11) is -0.847. The van der Waals surface area contributed by atoms with Crippen molar-refractivity contribution >= 4 is 73.6 Å². The molecule has 9 heteroatoms. The van der Waals surface area contributed by atoms with Gasteiger partial charge in [0.1, 0.15) is 0 Å². The average Bonchev–Trinajstić information content (AvgIpc) is 2.14. The highest BCUT2D eigenvalue weighted by Gasteiger charge is 2.19. The first-order valence-electron chi connectivity index (χ1n) is 3.93. The number of alkyl halides is 4. The van der Waals surface area contributed by atoms with Gasteiger partial charge < -0.3 is 9.79 Å². The lowest BCUT2D eigenvalue weighted by molar-refractivity contribution is 0.499. The lowest BCUT2D eigenvalue weighted by Crippen LogP contribution is -2.20. The van der Waals surface area contributed by atoms with Gasteiger partial charge in [0.05, 0.1) is 10.8 Å². The Morgan fingerprint density at radius 1 is 1.00 bits per heavy atom. The average molecular weight is 356 g/mol. The Balaban J connectivity index is 4.63. The van der Waals surface area contributed by atoms with E-state index in [4.69, 9.17) is 57.6 Å². The lowest BCUT2D eigenvalue weighted by Gasteiger charge is -2.18. The fraction of sp³-hybridized carbons (Fsp3) is 1.00. The van der Waals surface area contributed by atoms with Crippen molar-refractivity contribution in [2.45, 2.75) is 10.8 Å². The summed E-state index contributed by atoms with van der Waals surface area (Å²) in [6, 6.07) is 0. The van der Waals surface area contributed by atoms with Crippen molar-refractivity contribution in [2.75, 3.05) is 23.3 Å². The number of halogens is 5. The van der Waals surface area contributed by atoms with Crippen molar-refractivity contribution in [1.29, 1.82) is 0 Å². The van der Waals surface area contributed by atoms with Crippen molar-refractivity contribution in [3.63, 3.8) is 0 Å². The van der Waals surface area contributed by atoms with Gasteiger partial charge in [-0.05, 0) is 11.2 Å². The molecular formula is C6H12Cl5O2PS. The van der Waals surface area contributed by atoms with Gasteiger partial charge in [0.2, 0.25) is 5.84 Å². The summed E-state index contributed by atoms with van der Waals surface area (Å²) in [5, 5.41) is -0.682. The first kappa shape index (κ1) is 17.2. The maximum absolute atomic E-state index is 9.41. The second-order valence-corrected chi connectivity index (χ2v) is 12.3. The van der Waals surface area contributed by atoms with Gasteiger partial charge in [-0.2, -0.15) is 0 Å². The zero-order chi connectivity index (χ0) is 12.1. The highest BCUT2D eigenvalue weighted by molar-refractivity contribution is 8.37. The molecule has 0 saturated carbocycles. The van der Waals surface area contributed by atoms with Crippen LogP contribution < -0.4 is 0 Å². The topological polar surface area (TPSA) is 40.5 Å². The number of hydrogen-bond donors (Lipinski definition) is 2. The van der Waals surface area contributed by atoms with Gasteiger partial charge in [-0.1, -0.05) is 0 Å². The second kappa shape index (κ2) is 8.29. The molecular weight excluding hydrogens is 344 g/mol. The molecule has 2 unspecified atom stereocenters. The summed E-state index contributed by atoms with van der Waals surface area (Å²) in [4.78, 5) is 18.8. The van der Waals surface area contributed by atoms with Crippen molar-refractivity contribution < 1.29 is 9.79 Å². The minimum atomic E-state index is -3.45. The van der Waals surface area contributed by atoms with E-state index in [-0.39, 0.29) is 22.5 Å². The van der Waals surface area contributed by atoms with E-state index >= 15 is 0 Å². The van der Waals surface area contributed by atoms with E-state index in [9.17, 15) is 9.79 Å². The molecule has 0 aromatic carbocycles. The zero-order valence-corrected chi connectivity index (χ0v) is 13.1. The third-order valence-electron chi connectivity index (χ3n) is 1.41. The summed E-state index contributed by atoms with van der Waals surface area (Å²) in [6.07, 6.45) is 0. The van der Waals surface area contributed by atoms with E-state index in [1.807, 2.05) is 0 Å². The van der Waals surface area contributed by atoms with Crippen LogP contribution in [0.4, 0.5) is 0 Å². The maximum atomic E-state index is 9.41. The Morgan fingerprint density at radius 2 is 1.33 bits per heavy atom. The van der Waals surface area contributed by atoms with Gasteiger partial charge in [-0.3, -0.25) is 0 Å². The van der Waals surface area contributed by atoms with E-state index in [0.717, 1.165) is 0 Å². The summed E-state index contributed by atoms with van der Waals surface area (Å²) < 4.78 is 0. The monoisotopic (exact) mass is 354 g/mol. The Kier molecular flexibility index (Phi) is 9.47. The molecule has 2 atom stereocenters. The quantitative estimate of drug-likeness (QED) is 0.567. The molecule has 0 radical (unpaired) electrons. The van der Waals surface area contributed by atoms with Crippen LogP contribution in [-0.2, 0) is 10.1 Å². The van der Waals surface area contributed by atoms with E-state index in [2.05, 4.69) is 0 Å². The third-order valence-corrected chi connectivity index (χ3v) is 10.3. The van der Waals surface area contributed by atoms with Gasteiger partial charge in [-0.25, -0.2) is 0 Å². The van der Waals surface area contributed by atoms with Crippen LogP contribution in [0.1, 0.15) is 0 Å². The molecule has 15 heavy (non-hydrogen) atoms. The van der Waals surface area contributed by atoms with E-state index < -0.39 is 15.9 Å². The van der Waals surface area contributed by atoms with Crippen LogP contribution in [0.25, 0.3) is 0 Å². The fourth-order valence-corrected chi connectivity index (χ4v) is 7.50. The lowest BCUT2D eigenvalue weighted by atomic mass is 10.5. The molecule has 0 heterocycles. The molecule has 2 N–H and O–H groups in total. The van der Waals surface area contributed by atoms with Crippen molar-refractivity contribution in [3.05, 3.63) is 0 Å². The van der Waals surface area contributed by atoms with Crippen LogP contribution >= 0.6 is 63.5 Å². The van der Waals surface area contributed by atoms with Crippen LogP contribution in [0.15, 0.2) is 0 Å². The van der Waals surface area contributed by atoms with Crippen molar-refractivity contribution in [1.82, 2.24) is 0 Å². The highest BCUT2D eigenvalue weighted by atomic mass is 35.7. The molecule has 0 aliphatic rings. The third kappa shape index (κ3) is 7.96. The molecule has 0 bridgehead atoms. The largest absolute Gasteiger partial charge is 0.338 e. The number of hydrogen-bond acceptors (Lipinski definition) is 0. The van der Waals surface area contributed by atoms with E-state index in [1.165, 1.54) is 0 Å². The van der Waals surface area contributed by atoms with Gasteiger partial charge >= 0.3 is 0 Å². The van der Waals surface area contributed by atoms with Gasteiger partial charge in [0, 0.05) is 23.3 Å². The molecule has 0 rings (SSSR count). The predicted molar refractivity (Wildman–Crippen MR) is 75.0 cm³/mol. The molecule has 0 aromatic rings. The minimum absolute atomic E-state index is 0.232. The minimum Gasteiger partial charge on any atom is -0.338 e. The highest BCUT2D eigenvalue weighted by Crippen LogP contribution is 2.48. The molecule has 0 saturated heterocycles. The molecule has 0 fully saturated rings. The maximum Gasteiger partial charge on any atom is 0.236 e. The summed E-state index contributed by atoms with van der Waals surface area (Å²) in [6.45, 7) is 0. The molecule has 2 nitrogen and oxygen atoms in total. The predicted octanol–water partition coefficient (Wildman–Crippen LogP) is 3.20. The first-order chi connectivity index (χ1) is 6.81. The Hall–Kier alpha value is 2.15. The van der Waals surface area contributed by atoms with Gasteiger partial charge in [-0.15, -0.1) is 56.5 Å². The van der Waals surface area contributed by atoms with E-state index in [0.29, 0.717) is 11.5 Å². The second-order valence-electron chi connectivity index (χ2n) is 2.77. The molecule has 0 amide bonds. The van der Waals surface area contributed by atoms with Gasteiger partial charge in [0.15, 0.2) is 0 Å². The standard InChI is InChI=1S/C6H12Cl5O2PS/c7-1-5(9)3-15(14(11,12)13)4-6(10)2-8/h5-6,12-13H,1-4H2. The smallest absolute Gasteiger partial charge is 0.236 e. The molecule has 0 aromatic heterocycles. The Labute approximate surface area is 117 Å². The van der Waals surface area contributed by atoms with Crippen molar-refractivity contribution in [3.8, 4) is 0 Å². The molecule has 0 spiro atoms. The Morgan fingerprint density at radius 3 is 1.53 bits per heavy atom. The van der Waals surface area contributed by atoms with Crippen molar-refractivity contribution in [2.24, 2.45) is 0 Å². The molecule has 94 valence electrons. The summed E-state index contributed by atoms with van der Waals surface area (Å²) in [5.74, 6) is -2.30. The van der Waals surface area contributed by atoms with E-state index in [1.54, 1.807) is 0 Å². The van der Waals surface area contributed by atoms with Crippen LogP contribution in [0.3, 0.4) is 0 Å². The van der Waals surface area contributed by atoms with Crippen LogP contribution in [0.2, 0.25) is 0 Å². The first-order valence-corrected chi connectivity index (χ1v) is 10.6. The zero-order valence-electron chi connectivity index (χ0n) is 7.62. The van der Waals surface area contributed by atoms with Gasteiger partial charge in [0.25, 0.3) is 0 Å². The normalized spacial score (nSPS) is 18.6. The van der Waals surface area contributed by atoms with Crippen LogP contribution in [-0.4, -0.2) is 43.8 Å². The number of rotatable bonds is 6. The summed E-state index contributed by atoms with van der Waals surface area (Å²) >= 11 is 28.3.